The zero-order chi connectivity index (χ0) is 28.2. The number of rotatable bonds is 6. The lowest BCUT2D eigenvalue weighted by Crippen LogP contribution is -2.49. The predicted octanol–water partition coefficient (Wildman–Crippen LogP) is 3.08. The van der Waals surface area contributed by atoms with Crippen LogP contribution in [0.15, 0.2) is 41.0 Å². The van der Waals surface area contributed by atoms with Crippen LogP contribution in [0, 0.1) is 0 Å². The third kappa shape index (κ3) is 5.64. The average Bonchev–Trinajstić information content (AvgIpc) is 3.35. The van der Waals surface area contributed by atoms with E-state index in [-0.39, 0.29) is 29.4 Å². The average molecular weight is 628 g/mol. The zero-order valence-electron chi connectivity index (χ0n) is 20.3. The van der Waals surface area contributed by atoms with Gasteiger partial charge in [0.15, 0.2) is 28.1 Å². The molecule has 0 bridgehead atoms. The van der Waals surface area contributed by atoms with Gasteiger partial charge < -0.3 is 15.4 Å². The lowest BCUT2D eigenvalue weighted by molar-refractivity contribution is -0.153. The van der Waals surface area contributed by atoms with Gasteiger partial charge in [0.25, 0.3) is 5.91 Å². The first-order chi connectivity index (χ1) is 18.2. The van der Waals surface area contributed by atoms with Crippen LogP contribution in [0.4, 0.5) is 19.0 Å². The van der Waals surface area contributed by atoms with E-state index in [1.165, 1.54) is 16.9 Å². The number of sulfone groups is 1. The minimum Gasteiger partial charge on any atom is -0.484 e. The molecule has 1 spiro atoms. The highest BCUT2D eigenvalue weighted by Gasteiger charge is 2.47. The standard InChI is InChI=1S/C24H21BrF3N5O5S/c1-39(36,37)11-19(34)30-21-20-17(32-33(21)18-5-2-14(25)10-29-18)9-23(31-22(20)35)7-6-13-8-15(3-4-16(13)23)38-12-24(26,27)28/h2-5,8,10H,6-7,9,11-12H2,1H3,(H,30,34)(H,31,35)/t23-/m0/s1. The van der Waals surface area contributed by atoms with E-state index in [0.29, 0.717) is 23.0 Å². The lowest BCUT2D eigenvalue weighted by atomic mass is 9.82. The van der Waals surface area contributed by atoms with Gasteiger partial charge in [-0.2, -0.15) is 23.0 Å². The zero-order valence-corrected chi connectivity index (χ0v) is 22.7. The lowest BCUT2D eigenvalue weighted by Gasteiger charge is -2.35. The molecule has 1 aliphatic carbocycles. The molecule has 1 aliphatic heterocycles. The van der Waals surface area contributed by atoms with E-state index in [4.69, 9.17) is 4.74 Å². The Morgan fingerprint density at radius 2 is 2.05 bits per heavy atom. The van der Waals surface area contributed by atoms with Crippen LogP contribution in [0.25, 0.3) is 5.82 Å². The summed E-state index contributed by atoms with van der Waals surface area (Å²) in [5, 5.41) is 10.1. The molecule has 15 heteroatoms. The minimum absolute atomic E-state index is 0.0186. The number of aromatic nitrogens is 3. The van der Waals surface area contributed by atoms with Gasteiger partial charge in [0.1, 0.15) is 17.1 Å². The van der Waals surface area contributed by atoms with Crippen molar-refractivity contribution in [3.05, 3.63) is 63.4 Å². The van der Waals surface area contributed by atoms with E-state index in [2.05, 4.69) is 36.6 Å². The molecule has 10 nitrogen and oxygen atoms in total. The van der Waals surface area contributed by atoms with Crippen LogP contribution in [0.5, 0.6) is 5.75 Å². The van der Waals surface area contributed by atoms with Gasteiger partial charge in [0, 0.05) is 23.3 Å². The van der Waals surface area contributed by atoms with Gasteiger partial charge in [0.2, 0.25) is 5.91 Å². The van der Waals surface area contributed by atoms with Gasteiger partial charge in [-0.3, -0.25) is 9.59 Å². The number of halogens is 4. The Bertz CT molecular complexity index is 1590. The van der Waals surface area contributed by atoms with Crippen LogP contribution in [-0.2, 0) is 33.0 Å². The number of aryl methyl sites for hydroxylation is 1. The molecule has 2 aliphatic rings. The number of fused-ring (bicyclic) bond motifs is 3. The molecule has 0 radical (unpaired) electrons. The number of benzene rings is 1. The largest absolute Gasteiger partial charge is 0.484 e. The van der Waals surface area contributed by atoms with Crippen molar-refractivity contribution in [2.75, 3.05) is 23.9 Å². The first-order valence-electron chi connectivity index (χ1n) is 11.6. The number of alkyl halides is 3. The van der Waals surface area contributed by atoms with Crippen molar-refractivity contribution in [2.24, 2.45) is 0 Å². The topological polar surface area (TPSA) is 132 Å². The van der Waals surface area contributed by atoms with Gasteiger partial charge in [0.05, 0.1) is 11.2 Å². The molecule has 2 amide bonds. The summed E-state index contributed by atoms with van der Waals surface area (Å²) in [5.41, 5.74) is 1.03. The van der Waals surface area contributed by atoms with Crippen LogP contribution in [0.1, 0.15) is 33.6 Å². The Morgan fingerprint density at radius 1 is 1.28 bits per heavy atom. The number of ether oxygens (including phenoxy) is 1. The molecule has 0 fully saturated rings. The van der Waals surface area contributed by atoms with E-state index >= 15 is 0 Å². The van der Waals surface area contributed by atoms with Crippen molar-refractivity contribution < 1.29 is 35.9 Å². The molecule has 3 aromatic rings. The molecule has 0 unspecified atom stereocenters. The molecule has 1 aromatic carbocycles. The monoisotopic (exact) mass is 627 g/mol. The Hall–Kier alpha value is -3.46. The summed E-state index contributed by atoms with van der Waals surface area (Å²) in [6.45, 7) is -1.41. The van der Waals surface area contributed by atoms with Crippen LogP contribution in [0.3, 0.4) is 0 Å². The number of anilines is 1. The van der Waals surface area contributed by atoms with Gasteiger partial charge in [-0.25, -0.2) is 13.4 Å². The number of nitrogens with zero attached hydrogens (tertiary/aromatic N) is 3. The van der Waals surface area contributed by atoms with Crippen LogP contribution < -0.4 is 15.4 Å². The second-order valence-electron chi connectivity index (χ2n) is 9.47. The maximum atomic E-state index is 13.5. The molecular weight excluding hydrogens is 607 g/mol. The van der Waals surface area contributed by atoms with Gasteiger partial charge in [-0.1, -0.05) is 6.07 Å². The summed E-state index contributed by atoms with van der Waals surface area (Å²) in [6, 6.07) is 7.91. The van der Waals surface area contributed by atoms with Gasteiger partial charge in [-0.15, -0.1) is 0 Å². The Balaban J connectivity index is 1.52. The number of pyridine rings is 1. The predicted molar refractivity (Wildman–Crippen MR) is 137 cm³/mol. The molecule has 2 aromatic heterocycles. The molecular formula is C24H21BrF3N5O5S. The molecule has 0 saturated heterocycles. The Morgan fingerprint density at radius 3 is 2.72 bits per heavy atom. The summed E-state index contributed by atoms with van der Waals surface area (Å²) in [6.07, 6.45) is -0.863. The van der Waals surface area contributed by atoms with Crippen molar-refractivity contribution in [3.8, 4) is 11.6 Å². The first-order valence-corrected chi connectivity index (χ1v) is 14.5. The highest BCUT2D eigenvalue weighted by molar-refractivity contribution is 9.10. The SMILES string of the molecule is CS(=O)(=O)CC(=O)Nc1c2c(nn1-c1ccc(Br)cn1)C[C@]1(CCc3cc(OCC(F)(F)F)ccc31)NC2=O. The highest BCUT2D eigenvalue weighted by Crippen LogP contribution is 2.44. The number of nitrogens with one attached hydrogen (secondary N) is 2. The summed E-state index contributed by atoms with van der Waals surface area (Å²) in [5.74, 6) is -1.84. The molecule has 1 atom stereocenters. The highest BCUT2D eigenvalue weighted by atomic mass is 79.9. The van der Waals surface area contributed by atoms with E-state index in [1.54, 1.807) is 24.3 Å². The van der Waals surface area contributed by atoms with Gasteiger partial charge >= 0.3 is 6.18 Å². The molecule has 3 heterocycles. The number of carbonyl (C=O) groups is 2. The second-order valence-corrected chi connectivity index (χ2v) is 12.5. The third-order valence-corrected chi connectivity index (χ3v) is 7.66. The number of hydrogen-bond donors (Lipinski definition) is 2. The summed E-state index contributed by atoms with van der Waals surface area (Å²) in [4.78, 5) is 30.3. The number of carbonyl (C=O) groups excluding carboxylic acids is 2. The van der Waals surface area contributed by atoms with Crippen molar-refractivity contribution in [1.82, 2.24) is 20.1 Å². The molecule has 206 valence electrons. The Kier molecular flexibility index (Phi) is 6.69. The summed E-state index contributed by atoms with van der Waals surface area (Å²) >= 11 is 3.30. The van der Waals surface area contributed by atoms with E-state index in [9.17, 15) is 31.2 Å². The number of hydrogen-bond acceptors (Lipinski definition) is 7. The van der Waals surface area contributed by atoms with Crippen LogP contribution in [-0.4, -0.2) is 59.8 Å². The van der Waals surface area contributed by atoms with E-state index in [1.807, 2.05) is 0 Å². The quantitative estimate of drug-likeness (QED) is 0.429. The Labute approximate surface area is 229 Å². The minimum atomic E-state index is -4.47. The van der Waals surface area contributed by atoms with Crippen molar-refractivity contribution in [3.63, 3.8) is 0 Å². The molecule has 2 N–H and O–H groups in total. The van der Waals surface area contributed by atoms with Crippen molar-refractivity contribution >= 4 is 43.4 Å². The molecule has 5 rings (SSSR count). The summed E-state index contributed by atoms with van der Waals surface area (Å²) in [7, 11) is -3.65. The van der Waals surface area contributed by atoms with E-state index < -0.39 is 45.7 Å². The maximum absolute atomic E-state index is 13.5. The van der Waals surface area contributed by atoms with Crippen LogP contribution >= 0.6 is 15.9 Å². The molecule has 39 heavy (non-hydrogen) atoms. The normalized spacial score (nSPS) is 18.4. The fourth-order valence-electron chi connectivity index (χ4n) is 4.91. The van der Waals surface area contributed by atoms with Gasteiger partial charge in [-0.05, 0) is 64.2 Å². The van der Waals surface area contributed by atoms with E-state index in [0.717, 1.165) is 17.4 Å². The smallest absolute Gasteiger partial charge is 0.422 e. The molecule has 0 saturated carbocycles. The summed E-state index contributed by atoms with van der Waals surface area (Å²) < 4.78 is 67.9. The fourth-order valence-corrected chi connectivity index (χ4v) is 5.69. The third-order valence-electron chi connectivity index (χ3n) is 6.40. The number of amides is 2. The second kappa shape index (κ2) is 9.62. The van der Waals surface area contributed by atoms with Crippen molar-refractivity contribution in [1.29, 1.82) is 0 Å². The fraction of sp³-hybridized carbons (Fsp3) is 0.333. The van der Waals surface area contributed by atoms with Crippen molar-refractivity contribution in [2.45, 2.75) is 31.0 Å². The first kappa shape index (κ1) is 27.1. The van der Waals surface area contributed by atoms with Crippen LogP contribution in [0.2, 0.25) is 0 Å². The maximum Gasteiger partial charge on any atom is 0.422 e.